The van der Waals surface area contributed by atoms with Crippen LogP contribution in [0.1, 0.15) is 45.4 Å². The topological polar surface area (TPSA) is 110 Å². The van der Waals surface area contributed by atoms with Gasteiger partial charge < -0.3 is 30.5 Å². The van der Waals surface area contributed by atoms with Crippen LogP contribution in [0.2, 0.25) is 0 Å². The minimum Gasteiger partial charge on any atom is -0.394 e. The van der Waals surface area contributed by atoms with Crippen LogP contribution in [0.15, 0.2) is 0 Å². The fraction of sp³-hybridized carbons (Fsp3) is 0.929. The molecule has 0 bridgehead atoms. The molecule has 5 N–H and O–H groups in total. The molecule has 6 nitrogen and oxygen atoms in total. The highest BCUT2D eigenvalue weighted by Gasteiger charge is 2.30. The molecule has 120 valence electrons. The molecular weight excluding hydrogens is 262 g/mol. The molecule has 20 heavy (non-hydrogen) atoms. The maximum absolute atomic E-state index is 10.9. The van der Waals surface area contributed by atoms with E-state index < -0.39 is 31.0 Å². The van der Waals surface area contributed by atoms with Crippen molar-refractivity contribution in [3.8, 4) is 0 Å². The van der Waals surface area contributed by atoms with Crippen molar-refractivity contribution in [1.82, 2.24) is 5.32 Å². The molecular formula is C14H29NO5. The van der Waals surface area contributed by atoms with Crippen LogP contribution in [0.3, 0.4) is 0 Å². The molecule has 4 unspecified atom stereocenters. The second kappa shape index (κ2) is 12.2. The van der Waals surface area contributed by atoms with E-state index in [1.165, 1.54) is 19.3 Å². The largest absolute Gasteiger partial charge is 0.394 e. The van der Waals surface area contributed by atoms with Gasteiger partial charge in [0.2, 0.25) is 0 Å². The summed E-state index contributed by atoms with van der Waals surface area (Å²) in [5, 5.41) is 40.0. The first-order valence-corrected chi connectivity index (χ1v) is 7.42. The number of carbonyl (C=O) groups is 1. The average Bonchev–Trinajstić information content (AvgIpc) is 2.48. The molecule has 4 atom stereocenters. The highest BCUT2D eigenvalue weighted by atomic mass is 16.4. The molecule has 0 aliphatic heterocycles. The second-order valence-electron chi connectivity index (χ2n) is 5.11. The number of hydrogen-bond donors (Lipinski definition) is 5. The van der Waals surface area contributed by atoms with E-state index in [0.717, 1.165) is 19.3 Å². The SMILES string of the molecule is CCCCCCCCNC(C=O)C(O)C(O)C(O)CO. The van der Waals surface area contributed by atoms with Gasteiger partial charge in [0.25, 0.3) is 0 Å². The molecule has 0 aromatic rings. The summed E-state index contributed by atoms with van der Waals surface area (Å²) in [5.41, 5.74) is 0. The molecule has 0 aliphatic rings. The maximum atomic E-state index is 10.9. The van der Waals surface area contributed by atoms with Crippen LogP contribution in [-0.2, 0) is 4.79 Å². The summed E-state index contributed by atoms with van der Waals surface area (Å²) in [6.45, 7) is 2.06. The van der Waals surface area contributed by atoms with E-state index in [9.17, 15) is 20.1 Å². The Hall–Kier alpha value is -0.530. The van der Waals surface area contributed by atoms with Crippen molar-refractivity contribution in [1.29, 1.82) is 0 Å². The molecule has 0 aromatic carbocycles. The first-order chi connectivity index (χ1) is 9.58. The van der Waals surface area contributed by atoms with Crippen molar-refractivity contribution in [3.63, 3.8) is 0 Å². The van der Waals surface area contributed by atoms with Crippen molar-refractivity contribution in [2.24, 2.45) is 0 Å². The number of nitrogens with one attached hydrogen (secondary N) is 1. The summed E-state index contributed by atoms with van der Waals surface area (Å²) in [5.74, 6) is 0. The van der Waals surface area contributed by atoms with Crippen LogP contribution in [0, 0.1) is 0 Å². The molecule has 0 fully saturated rings. The number of aliphatic hydroxyl groups is 4. The van der Waals surface area contributed by atoms with Gasteiger partial charge in [-0.1, -0.05) is 39.0 Å². The van der Waals surface area contributed by atoms with E-state index in [-0.39, 0.29) is 0 Å². The third-order valence-corrected chi connectivity index (χ3v) is 3.36. The minimum atomic E-state index is -1.55. The second-order valence-corrected chi connectivity index (χ2v) is 5.11. The van der Waals surface area contributed by atoms with E-state index in [2.05, 4.69) is 12.2 Å². The van der Waals surface area contributed by atoms with Crippen LogP contribution >= 0.6 is 0 Å². The summed E-state index contributed by atoms with van der Waals surface area (Å²) < 4.78 is 0. The van der Waals surface area contributed by atoms with Crippen molar-refractivity contribution in [3.05, 3.63) is 0 Å². The Labute approximate surface area is 120 Å². The lowest BCUT2D eigenvalue weighted by molar-refractivity contribution is -0.120. The summed E-state index contributed by atoms with van der Waals surface area (Å²) in [7, 11) is 0. The normalized spacial score (nSPS) is 17.4. The first kappa shape index (κ1) is 19.5. The molecule has 0 heterocycles. The van der Waals surface area contributed by atoms with Crippen molar-refractivity contribution >= 4 is 6.29 Å². The fourth-order valence-electron chi connectivity index (χ4n) is 1.97. The third kappa shape index (κ3) is 7.91. The Balaban J connectivity index is 3.88. The summed E-state index contributed by atoms with van der Waals surface area (Å²) in [4.78, 5) is 10.9. The van der Waals surface area contributed by atoms with Gasteiger partial charge in [0.1, 0.15) is 24.6 Å². The van der Waals surface area contributed by atoms with Crippen molar-refractivity contribution < 1.29 is 25.2 Å². The molecule has 0 saturated carbocycles. The molecule has 0 saturated heterocycles. The first-order valence-electron chi connectivity index (χ1n) is 7.42. The Bertz CT molecular complexity index is 240. The lowest BCUT2D eigenvalue weighted by atomic mass is 10.0. The quantitative estimate of drug-likeness (QED) is 0.233. The van der Waals surface area contributed by atoms with E-state index in [4.69, 9.17) is 5.11 Å². The summed E-state index contributed by atoms with van der Waals surface area (Å²) >= 11 is 0. The van der Waals surface area contributed by atoms with Crippen molar-refractivity contribution in [2.75, 3.05) is 13.2 Å². The van der Waals surface area contributed by atoms with Gasteiger partial charge in [0.05, 0.1) is 12.6 Å². The summed E-state index contributed by atoms with van der Waals surface area (Å²) in [6, 6.07) is -0.943. The van der Waals surface area contributed by atoms with Gasteiger partial charge in [-0.15, -0.1) is 0 Å². The Morgan fingerprint density at radius 3 is 2.15 bits per heavy atom. The van der Waals surface area contributed by atoms with E-state index >= 15 is 0 Å². The Morgan fingerprint density at radius 2 is 1.60 bits per heavy atom. The predicted molar refractivity (Wildman–Crippen MR) is 76.3 cm³/mol. The smallest absolute Gasteiger partial charge is 0.139 e. The van der Waals surface area contributed by atoms with Crippen LogP contribution in [-0.4, -0.2) is 64.2 Å². The summed E-state index contributed by atoms with van der Waals surface area (Å²) in [6.07, 6.45) is 2.79. The lowest BCUT2D eigenvalue weighted by Gasteiger charge is -2.26. The predicted octanol–water partition coefficient (Wildman–Crippen LogP) is -0.421. The van der Waals surface area contributed by atoms with Gasteiger partial charge in [-0.2, -0.15) is 0 Å². The number of carbonyl (C=O) groups excluding carboxylic acids is 1. The molecule has 0 amide bonds. The number of aliphatic hydroxyl groups excluding tert-OH is 4. The number of rotatable bonds is 13. The number of hydrogen-bond acceptors (Lipinski definition) is 6. The molecule has 0 radical (unpaired) electrons. The van der Waals surface area contributed by atoms with E-state index in [1.54, 1.807) is 0 Å². The Kier molecular flexibility index (Phi) is 11.9. The zero-order valence-corrected chi connectivity index (χ0v) is 12.2. The zero-order valence-electron chi connectivity index (χ0n) is 12.2. The van der Waals surface area contributed by atoms with Crippen LogP contribution in [0.25, 0.3) is 0 Å². The molecule has 0 rings (SSSR count). The molecule has 6 heteroatoms. The van der Waals surface area contributed by atoms with E-state index in [1.807, 2.05) is 0 Å². The van der Waals surface area contributed by atoms with E-state index in [0.29, 0.717) is 12.8 Å². The third-order valence-electron chi connectivity index (χ3n) is 3.36. The average molecular weight is 291 g/mol. The van der Waals surface area contributed by atoms with Gasteiger partial charge in [0, 0.05) is 0 Å². The van der Waals surface area contributed by atoms with Gasteiger partial charge in [-0.25, -0.2) is 0 Å². The number of aldehydes is 1. The minimum absolute atomic E-state index is 0.509. The highest BCUT2D eigenvalue weighted by Crippen LogP contribution is 2.06. The monoisotopic (exact) mass is 291 g/mol. The molecule has 0 aliphatic carbocycles. The van der Waals surface area contributed by atoms with Gasteiger partial charge in [-0.05, 0) is 13.0 Å². The molecule has 0 spiro atoms. The van der Waals surface area contributed by atoms with Crippen LogP contribution in [0.5, 0.6) is 0 Å². The van der Waals surface area contributed by atoms with Gasteiger partial charge >= 0.3 is 0 Å². The fourth-order valence-corrected chi connectivity index (χ4v) is 1.97. The van der Waals surface area contributed by atoms with Gasteiger partial charge in [0.15, 0.2) is 0 Å². The zero-order chi connectivity index (χ0) is 15.4. The standard InChI is InChI=1S/C14H29NO5/c1-2-3-4-5-6-7-8-15-11(9-16)13(19)14(20)12(18)10-17/h9,11-15,17-20H,2-8,10H2,1H3. The number of unbranched alkanes of at least 4 members (excludes halogenated alkanes) is 5. The molecule has 0 aromatic heterocycles. The van der Waals surface area contributed by atoms with Gasteiger partial charge in [-0.3, -0.25) is 0 Å². The van der Waals surface area contributed by atoms with Crippen LogP contribution in [0.4, 0.5) is 0 Å². The van der Waals surface area contributed by atoms with Crippen LogP contribution < -0.4 is 5.32 Å². The Morgan fingerprint density at radius 1 is 1.00 bits per heavy atom. The maximum Gasteiger partial charge on any atom is 0.139 e. The van der Waals surface area contributed by atoms with Crippen molar-refractivity contribution in [2.45, 2.75) is 69.8 Å². The highest BCUT2D eigenvalue weighted by molar-refractivity contribution is 5.58. The lowest BCUT2D eigenvalue weighted by Crippen LogP contribution is -2.52.